The summed E-state index contributed by atoms with van der Waals surface area (Å²) in [5, 5.41) is 23.4. The molecule has 0 spiro atoms. The average Bonchev–Trinajstić information content (AvgIpc) is 3.04. The summed E-state index contributed by atoms with van der Waals surface area (Å²) in [5.41, 5.74) is 1.29. The summed E-state index contributed by atoms with van der Waals surface area (Å²) in [4.78, 5) is 64.7. The van der Waals surface area contributed by atoms with Crippen molar-refractivity contribution in [3.8, 4) is 0 Å². The quantitative estimate of drug-likeness (QED) is 0.206. The number of carboxylic acid groups (broad SMARTS) is 2. The SMILES string of the molecule is COC(=O)N(CCCc1ccccc1)C(=O)[C@H](C)Nc1ccc(N(C(=O)C(=O)O)c2ccccc2C(=O)O)c2ccccc12. The van der Waals surface area contributed by atoms with Crippen LogP contribution in [-0.4, -0.2) is 64.7 Å². The molecule has 0 bridgehead atoms. The summed E-state index contributed by atoms with van der Waals surface area (Å²) in [6.45, 7) is 1.74. The lowest BCUT2D eigenvalue weighted by Crippen LogP contribution is -2.45. The molecule has 1 atom stereocenters. The third kappa shape index (κ3) is 6.84. The zero-order chi connectivity index (χ0) is 31.8. The first-order valence-electron chi connectivity index (χ1n) is 13.7. The number of benzene rings is 4. The van der Waals surface area contributed by atoms with Crippen molar-refractivity contribution in [2.45, 2.75) is 25.8 Å². The van der Waals surface area contributed by atoms with Crippen molar-refractivity contribution < 1.29 is 38.9 Å². The number of para-hydroxylation sites is 1. The molecule has 4 aromatic carbocycles. The third-order valence-corrected chi connectivity index (χ3v) is 7.00. The minimum absolute atomic E-state index is 0.119. The minimum Gasteiger partial charge on any atom is -0.478 e. The van der Waals surface area contributed by atoms with Gasteiger partial charge >= 0.3 is 23.9 Å². The number of nitrogens with zero attached hydrogens (tertiary/aromatic N) is 2. The Kier molecular flexibility index (Phi) is 9.92. The molecule has 0 heterocycles. The molecular formula is C33H31N3O8. The number of anilines is 3. The molecule has 11 nitrogen and oxygen atoms in total. The van der Waals surface area contributed by atoms with E-state index < -0.39 is 35.9 Å². The average molecular weight is 598 g/mol. The number of methoxy groups -OCH3 is 1. The van der Waals surface area contributed by atoms with Gasteiger partial charge in [-0.3, -0.25) is 14.5 Å². The summed E-state index contributed by atoms with van der Waals surface area (Å²) in [6.07, 6.45) is 0.406. The standard InChI is InChI=1S/C33H31N3O8/c1-21(29(37)35(33(43)44-2)20-10-13-22-11-4-3-5-12-22)34-26-18-19-28(24-15-7-6-14-23(24)26)36(30(38)32(41)42)27-17-9-8-16-25(27)31(39)40/h3-9,11-12,14-19,21,34H,10,13,20H2,1-2H3,(H,39,40)(H,41,42)/t21-/m0/s1. The van der Waals surface area contributed by atoms with Gasteiger partial charge in [0.15, 0.2) is 0 Å². The van der Waals surface area contributed by atoms with Crippen LogP contribution in [0, 0.1) is 0 Å². The van der Waals surface area contributed by atoms with Crippen LogP contribution in [0.15, 0.2) is 91.0 Å². The van der Waals surface area contributed by atoms with Crippen LogP contribution in [0.3, 0.4) is 0 Å². The van der Waals surface area contributed by atoms with E-state index in [-0.39, 0.29) is 23.5 Å². The number of carbonyl (C=O) groups excluding carboxylic acids is 3. The smallest absolute Gasteiger partial charge is 0.416 e. The van der Waals surface area contributed by atoms with E-state index in [1.54, 1.807) is 37.3 Å². The molecule has 226 valence electrons. The molecule has 3 amide bonds. The van der Waals surface area contributed by atoms with Crippen molar-refractivity contribution in [1.29, 1.82) is 0 Å². The molecule has 4 aromatic rings. The first-order valence-corrected chi connectivity index (χ1v) is 13.7. The second-order valence-corrected chi connectivity index (χ2v) is 9.86. The van der Waals surface area contributed by atoms with E-state index in [0.29, 0.717) is 29.3 Å². The number of rotatable bonds is 10. The molecule has 0 saturated heterocycles. The molecule has 0 aliphatic rings. The highest BCUT2D eigenvalue weighted by molar-refractivity contribution is 6.40. The van der Waals surface area contributed by atoms with Crippen molar-refractivity contribution in [3.05, 3.63) is 102 Å². The number of carboxylic acids is 2. The molecule has 3 N–H and O–H groups in total. The van der Waals surface area contributed by atoms with Gasteiger partial charge in [0.05, 0.1) is 24.0 Å². The molecule has 11 heteroatoms. The van der Waals surface area contributed by atoms with Crippen molar-refractivity contribution in [2.75, 3.05) is 23.9 Å². The van der Waals surface area contributed by atoms with Gasteiger partial charge in [-0.1, -0.05) is 66.7 Å². The lowest BCUT2D eigenvalue weighted by molar-refractivity contribution is -0.148. The number of amides is 3. The number of fused-ring (bicyclic) bond motifs is 1. The van der Waals surface area contributed by atoms with Crippen molar-refractivity contribution >= 4 is 57.7 Å². The van der Waals surface area contributed by atoms with Gasteiger partial charge in [0.2, 0.25) is 0 Å². The minimum atomic E-state index is -1.77. The van der Waals surface area contributed by atoms with Gasteiger partial charge in [0.1, 0.15) is 6.04 Å². The normalized spacial score (nSPS) is 11.3. The third-order valence-electron chi connectivity index (χ3n) is 7.00. The van der Waals surface area contributed by atoms with Gasteiger partial charge in [-0.05, 0) is 49.6 Å². The maximum atomic E-state index is 13.4. The Morgan fingerprint density at radius 1 is 0.795 bits per heavy atom. The predicted octanol–water partition coefficient (Wildman–Crippen LogP) is 5.32. The maximum absolute atomic E-state index is 13.4. The molecule has 4 rings (SSSR count). The van der Waals surface area contributed by atoms with Crippen LogP contribution in [-0.2, 0) is 25.5 Å². The lowest BCUT2D eigenvalue weighted by Gasteiger charge is -2.26. The molecule has 0 fully saturated rings. The van der Waals surface area contributed by atoms with Crippen molar-refractivity contribution in [3.63, 3.8) is 0 Å². The van der Waals surface area contributed by atoms with Gasteiger partial charge in [-0.2, -0.15) is 0 Å². The fourth-order valence-electron chi connectivity index (χ4n) is 4.91. The largest absolute Gasteiger partial charge is 0.478 e. The summed E-state index contributed by atoms with van der Waals surface area (Å²) in [5.74, 6) is -4.98. The number of aromatic carboxylic acids is 1. The van der Waals surface area contributed by atoms with E-state index in [4.69, 9.17) is 4.74 Å². The number of aryl methyl sites for hydroxylation is 1. The van der Waals surface area contributed by atoms with E-state index in [0.717, 1.165) is 15.4 Å². The lowest BCUT2D eigenvalue weighted by atomic mass is 10.0. The molecular weight excluding hydrogens is 566 g/mol. The Hall–Kier alpha value is -5.71. The zero-order valence-electron chi connectivity index (χ0n) is 24.1. The number of imide groups is 1. The number of carbonyl (C=O) groups is 5. The Bertz CT molecular complexity index is 1710. The van der Waals surface area contributed by atoms with Gasteiger partial charge in [0.25, 0.3) is 5.91 Å². The van der Waals surface area contributed by atoms with Crippen molar-refractivity contribution in [2.24, 2.45) is 0 Å². The van der Waals surface area contributed by atoms with E-state index in [1.807, 2.05) is 30.3 Å². The summed E-state index contributed by atoms with van der Waals surface area (Å²) >= 11 is 0. The maximum Gasteiger partial charge on any atom is 0.416 e. The van der Waals surface area contributed by atoms with Crippen LogP contribution < -0.4 is 10.2 Å². The van der Waals surface area contributed by atoms with Gasteiger partial charge in [-0.15, -0.1) is 0 Å². The molecule has 0 radical (unpaired) electrons. The molecule has 0 aliphatic heterocycles. The van der Waals surface area contributed by atoms with Crippen LogP contribution in [0.1, 0.15) is 29.3 Å². The summed E-state index contributed by atoms with van der Waals surface area (Å²) < 4.78 is 4.87. The predicted molar refractivity (Wildman–Crippen MR) is 164 cm³/mol. The van der Waals surface area contributed by atoms with Gasteiger partial charge < -0.3 is 20.3 Å². The number of hydrogen-bond donors (Lipinski definition) is 3. The number of nitrogens with one attached hydrogen (secondary N) is 1. The summed E-state index contributed by atoms with van der Waals surface area (Å²) in [6, 6.07) is 24.2. The van der Waals surface area contributed by atoms with Crippen LogP contribution >= 0.6 is 0 Å². The number of ether oxygens (including phenoxy) is 1. The molecule has 0 saturated carbocycles. The second-order valence-electron chi connectivity index (χ2n) is 9.86. The van der Waals surface area contributed by atoms with Crippen LogP contribution in [0.4, 0.5) is 21.9 Å². The Morgan fingerprint density at radius 2 is 1.43 bits per heavy atom. The Labute approximate surface area is 253 Å². The molecule has 44 heavy (non-hydrogen) atoms. The fourth-order valence-corrected chi connectivity index (χ4v) is 4.91. The summed E-state index contributed by atoms with van der Waals surface area (Å²) in [7, 11) is 1.21. The van der Waals surface area contributed by atoms with Crippen LogP contribution in [0.5, 0.6) is 0 Å². The highest BCUT2D eigenvalue weighted by Gasteiger charge is 2.30. The van der Waals surface area contributed by atoms with Crippen LogP contribution in [0.2, 0.25) is 0 Å². The van der Waals surface area contributed by atoms with Crippen LogP contribution in [0.25, 0.3) is 10.8 Å². The first kappa shape index (κ1) is 31.2. The second kappa shape index (κ2) is 14.0. The molecule has 0 aromatic heterocycles. The van der Waals surface area contributed by atoms with E-state index in [1.165, 1.54) is 37.4 Å². The van der Waals surface area contributed by atoms with Crippen molar-refractivity contribution in [1.82, 2.24) is 4.90 Å². The van der Waals surface area contributed by atoms with E-state index in [9.17, 15) is 34.2 Å². The Balaban J connectivity index is 1.66. The molecule has 0 aliphatic carbocycles. The monoisotopic (exact) mass is 597 g/mol. The highest BCUT2D eigenvalue weighted by atomic mass is 16.5. The fraction of sp³-hybridized carbons (Fsp3) is 0.182. The topological polar surface area (TPSA) is 154 Å². The highest BCUT2D eigenvalue weighted by Crippen LogP contribution is 2.38. The number of aliphatic carboxylic acids is 1. The zero-order valence-corrected chi connectivity index (χ0v) is 24.1. The Morgan fingerprint density at radius 3 is 2.09 bits per heavy atom. The van der Waals surface area contributed by atoms with Gasteiger partial charge in [-0.25, -0.2) is 19.3 Å². The van der Waals surface area contributed by atoms with Gasteiger partial charge in [0, 0.05) is 23.0 Å². The van der Waals surface area contributed by atoms with E-state index in [2.05, 4.69) is 5.32 Å². The van der Waals surface area contributed by atoms with E-state index >= 15 is 0 Å². The first-order chi connectivity index (χ1) is 21.1. The molecule has 0 unspecified atom stereocenters. The number of hydrogen-bond acceptors (Lipinski definition) is 7.